The summed E-state index contributed by atoms with van der Waals surface area (Å²) in [6.45, 7) is 0. The normalized spacial score (nSPS) is 9.62. The van der Waals surface area contributed by atoms with Gasteiger partial charge in [-0.2, -0.15) is 0 Å². The van der Waals surface area contributed by atoms with Crippen molar-refractivity contribution in [1.82, 2.24) is 0 Å². The van der Waals surface area contributed by atoms with Gasteiger partial charge < -0.3 is 10.6 Å². The zero-order chi connectivity index (χ0) is 8.55. The van der Waals surface area contributed by atoms with E-state index in [4.69, 9.17) is 0 Å². The van der Waals surface area contributed by atoms with E-state index >= 15 is 0 Å². The Morgan fingerprint density at radius 3 is 2.31 bits per heavy atom. The Bertz CT molecular complexity index is 385. The molecule has 0 heterocycles. The number of hydrogen-bond donors (Lipinski definition) is 1. The molecule has 0 aliphatic carbocycles. The number of fused-ring (bicyclic) bond motifs is 1. The number of halogens is 1. The quantitative estimate of drug-likeness (QED) is 0.756. The molecule has 0 saturated carbocycles. The Kier molecular flexibility index (Phi) is 2.90. The molecule has 0 amide bonds. The van der Waals surface area contributed by atoms with Gasteiger partial charge in [0.2, 0.25) is 0 Å². The minimum atomic E-state index is 0. The van der Waals surface area contributed by atoms with Gasteiger partial charge in [0.15, 0.2) is 0 Å². The summed E-state index contributed by atoms with van der Waals surface area (Å²) in [5.41, 5.74) is 0. The molecule has 3 heteroatoms. The monoisotopic (exact) mass is 240 g/mol. The average molecular weight is 241 g/mol. The smallest absolute Gasteiger partial charge is 0.116 e. The summed E-state index contributed by atoms with van der Waals surface area (Å²) in [6.07, 6.45) is 0. The summed E-state index contributed by atoms with van der Waals surface area (Å²) in [6, 6.07) is 11.3. The minimum Gasteiger partial charge on any atom is -0.508 e. The Hall–Kier alpha value is -1.06. The average Bonchev–Trinajstić information content (AvgIpc) is 2.05. The van der Waals surface area contributed by atoms with Crippen molar-refractivity contribution >= 4 is 26.7 Å². The number of phenols is 1. The molecule has 0 unspecified atom stereocenters. The van der Waals surface area contributed by atoms with Crippen LogP contribution in [0.15, 0.2) is 40.9 Å². The van der Waals surface area contributed by atoms with Crippen LogP contribution in [0, 0.1) is 0 Å². The lowest BCUT2D eigenvalue weighted by atomic mass is 10.1. The van der Waals surface area contributed by atoms with Crippen LogP contribution in [0.4, 0.5) is 0 Å². The first-order valence-corrected chi connectivity index (χ1v) is 4.43. The van der Waals surface area contributed by atoms with Crippen molar-refractivity contribution in [2.45, 2.75) is 0 Å². The maximum Gasteiger partial charge on any atom is 0.116 e. The Morgan fingerprint density at radius 2 is 1.54 bits per heavy atom. The second-order valence-corrected chi connectivity index (χ2v) is 3.59. The molecule has 68 valence electrons. The van der Waals surface area contributed by atoms with Gasteiger partial charge in [0, 0.05) is 4.47 Å². The zero-order valence-corrected chi connectivity index (χ0v) is 8.38. The number of benzene rings is 2. The third-order valence-corrected chi connectivity index (χ3v) is 2.28. The molecule has 0 bridgehead atoms. The Morgan fingerprint density at radius 1 is 0.923 bits per heavy atom. The van der Waals surface area contributed by atoms with Crippen LogP contribution in [0.5, 0.6) is 5.75 Å². The second kappa shape index (κ2) is 3.77. The molecule has 0 aliphatic heterocycles. The van der Waals surface area contributed by atoms with Crippen LogP contribution in [0.3, 0.4) is 0 Å². The summed E-state index contributed by atoms with van der Waals surface area (Å²) >= 11 is 3.39. The van der Waals surface area contributed by atoms with E-state index in [9.17, 15) is 5.11 Å². The van der Waals surface area contributed by atoms with Gasteiger partial charge in [-0.15, -0.1) is 0 Å². The van der Waals surface area contributed by atoms with Crippen LogP contribution in [0.1, 0.15) is 0 Å². The molecule has 0 atom stereocenters. The summed E-state index contributed by atoms with van der Waals surface area (Å²) in [5.74, 6) is 0.310. The van der Waals surface area contributed by atoms with E-state index in [0.717, 1.165) is 15.2 Å². The van der Waals surface area contributed by atoms with Crippen molar-refractivity contribution in [3.63, 3.8) is 0 Å². The van der Waals surface area contributed by atoms with Gasteiger partial charge >= 0.3 is 0 Å². The molecule has 0 aliphatic rings. The number of aromatic hydroxyl groups is 1. The van der Waals surface area contributed by atoms with Crippen LogP contribution in [0.25, 0.3) is 10.8 Å². The zero-order valence-electron chi connectivity index (χ0n) is 6.79. The van der Waals surface area contributed by atoms with Crippen molar-refractivity contribution in [1.29, 1.82) is 0 Å². The van der Waals surface area contributed by atoms with Crippen molar-refractivity contribution in [3.8, 4) is 5.75 Å². The molecular formula is C10H9BrO2. The van der Waals surface area contributed by atoms with Crippen LogP contribution in [0.2, 0.25) is 0 Å². The summed E-state index contributed by atoms with van der Waals surface area (Å²) < 4.78 is 1.06. The van der Waals surface area contributed by atoms with Gasteiger partial charge in [0.05, 0.1) is 0 Å². The van der Waals surface area contributed by atoms with Crippen molar-refractivity contribution in [3.05, 3.63) is 40.9 Å². The SMILES string of the molecule is O.Oc1ccc2cc(Br)ccc2c1. The molecule has 0 saturated heterocycles. The molecule has 0 fully saturated rings. The molecule has 0 aromatic heterocycles. The first-order valence-electron chi connectivity index (χ1n) is 3.64. The number of rotatable bonds is 0. The highest BCUT2D eigenvalue weighted by atomic mass is 79.9. The molecule has 2 rings (SSSR count). The lowest BCUT2D eigenvalue weighted by Crippen LogP contribution is -1.71. The van der Waals surface area contributed by atoms with E-state index in [1.807, 2.05) is 24.3 Å². The molecule has 0 spiro atoms. The lowest BCUT2D eigenvalue weighted by Gasteiger charge is -1.98. The van der Waals surface area contributed by atoms with Crippen LogP contribution in [-0.2, 0) is 0 Å². The number of hydrogen-bond acceptors (Lipinski definition) is 1. The van der Waals surface area contributed by atoms with Crippen LogP contribution < -0.4 is 0 Å². The van der Waals surface area contributed by atoms with Crippen LogP contribution >= 0.6 is 15.9 Å². The highest BCUT2D eigenvalue weighted by molar-refractivity contribution is 9.10. The predicted octanol–water partition coefficient (Wildman–Crippen LogP) is 2.48. The number of phenolic OH excluding ortho intramolecular Hbond substituents is 1. The van der Waals surface area contributed by atoms with Gasteiger partial charge in [0.1, 0.15) is 5.75 Å². The maximum absolute atomic E-state index is 9.19. The van der Waals surface area contributed by atoms with E-state index in [-0.39, 0.29) is 5.48 Å². The van der Waals surface area contributed by atoms with Crippen LogP contribution in [-0.4, -0.2) is 10.6 Å². The fourth-order valence-corrected chi connectivity index (χ4v) is 1.58. The standard InChI is InChI=1S/C10H7BrO.H2O/c11-9-3-1-8-6-10(12)4-2-7(8)5-9;/h1-6,12H;1H2. The molecule has 13 heavy (non-hydrogen) atoms. The van der Waals surface area contributed by atoms with E-state index in [2.05, 4.69) is 15.9 Å². The van der Waals surface area contributed by atoms with E-state index in [1.165, 1.54) is 0 Å². The lowest BCUT2D eigenvalue weighted by molar-refractivity contribution is 0.476. The Labute approximate surface area is 84.3 Å². The third-order valence-electron chi connectivity index (χ3n) is 1.79. The predicted molar refractivity (Wildman–Crippen MR) is 56.9 cm³/mol. The van der Waals surface area contributed by atoms with Gasteiger partial charge in [-0.25, -0.2) is 0 Å². The van der Waals surface area contributed by atoms with E-state index in [0.29, 0.717) is 5.75 Å². The van der Waals surface area contributed by atoms with Gasteiger partial charge in [-0.3, -0.25) is 0 Å². The van der Waals surface area contributed by atoms with Crippen molar-refractivity contribution < 1.29 is 10.6 Å². The minimum absolute atomic E-state index is 0. The molecule has 3 N–H and O–H groups in total. The van der Waals surface area contributed by atoms with E-state index < -0.39 is 0 Å². The van der Waals surface area contributed by atoms with Gasteiger partial charge in [0.25, 0.3) is 0 Å². The summed E-state index contributed by atoms with van der Waals surface area (Å²) in [4.78, 5) is 0. The van der Waals surface area contributed by atoms with Crippen molar-refractivity contribution in [2.24, 2.45) is 0 Å². The summed E-state index contributed by atoms with van der Waals surface area (Å²) in [5, 5.41) is 11.4. The third kappa shape index (κ3) is 1.99. The summed E-state index contributed by atoms with van der Waals surface area (Å²) in [7, 11) is 0. The molecule has 2 nitrogen and oxygen atoms in total. The maximum atomic E-state index is 9.19. The van der Waals surface area contributed by atoms with Gasteiger partial charge in [-0.05, 0) is 35.0 Å². The van der Waals surface area contributed by atoms with Gasteiger partial charge in [-0.1, -0.05) is 28.1 Å². The molecular weight excluding hydrogens is 232 g/mol. The fraction of sp³-hybridized carbons (Fsp3) is 0. The topological polar surface area (TPSA) is 51.7 Å². The van der Waals surface area contributed by atoms with E-state index in [1.54, 1.807) is 12.1 Å². The fourth-order valence-electron chi connectivity index (χ4n) is 1.20. The molecule has 2 aromatic rings. The first-order chi connectivity index (χ1) is 5.75. The highest BCUT2D eigenvalue weighted by Gasteiger charge is 1.94. The molecule has 2 aromatic carbocycles. The highest BCUT2D eigenvalue weighted by Crippen LogP contribution is 2.22. The Balaban J connectivity index is 0.000000845. The first kappa shape index (κ1) is 10.0. The second-order valence-electron chi connectivity index (χ2n) is 2.68. The largest absolute Gasteiger partial charge is 0.508 e. The molecule has 0 radical (unpaired) electrons. The van der Waals surface area contributed by atoms with Crippen molar-refractivity contribution in [2.75, 3.05) is 0 Å².